The summed E-state index contributed by atoms with van der Waals surface area (Å²) >= 11 is 0. The Morgan fingerprint density at radius 3 is 2.67 bits per heavy atom. The molecule has 0 aromatic heterocycles. The molecular formula is C14H21FN2O3S. The molecule has 1 saturated heterocycles. The number of nitrogens with zero attached hydrogens (tertiary/aromatic N) is 1. The Morgan fingerprint density at radius 1 is 1.38 bits per heavy atom. The molecule has 0 bridgehead atoms. The SMILES string of the molecule is Cc1cc(F)ccc1S(=O)(=O)NC(C)CN1CCOCC1. The third-order valence-electron chi connectivity index (χ3n) is 3.42. The van der Waals surface area contributed by atoms with Gasteiger partial charge in [0.25, 0.3) is 0 Å². The van der Waals surface area contributed by atoms with E-state index in [1.165, 1.54) is 12.1 Å². The number of hydrogen-bond acceptors (Lipinski definition) is 4. The Kier molecular flexibility index (Phi) is 5.32. The maximum absolute atomic E-state index is 13.1. The summed E-state index contributed by atoms with van der Waals surface area (Å²) in [4.78, 5) is 2.28. The number of morpholine rings is 1. The smallest absolute Gasteiger partial charge is 0.241 e. The van der Waals surface area contributed by atoms with Crippen LogP contribution in [0.5, 0.6) is 0 Å². The third kappa shape index (κ3) is 4.47. The minimum Gasteiger partial charge on any atom is -0.379 e. The molecule has 2 rings (SSSR count). The van der Waals surface area contributed by atoms with E-state index in [-0.39, 0.29) is 10.9 Å². The molecule has 0 spiro atoms. The fourth-order valence-electron chi connectivity index (χ4n) is 2.45. The summed E-state index contributed by atoms with van der Waals surface area (Å²) in [6.07, 6.45) is 0. The predicted octanol–water partition coefficient (Wildman–Crippen LogP) is 1.13. The minimum absolute atomic E-state index is 0.123. The zero-order valence-corrected chi connectivity index (χ0v) is 13.1. The highest BCUT2D eigenvalue weighted by atomic mass is 32.2. The monoisotopic (exact) mass is 316 g/mol. The molecule has 0 amide bonds. The molecule has 0 saturated carbocycles. The van der Waals surface area contributed by atoms with E-state index < -0.39 is 15.8 Å². The van der Waals surface area contributed by atoms with E-state index in [1.807, 2.05) is 6.92 Å². The molecule has 5 nitrogen and oxygen atoms in total. The zero-order valence-electron chi connectivity index (χ0n) is 12.3. The second-order valence-corrected chi connectivity index (χ2v) is 7.03. The standard InChI is InChI=1S/C14H21FN2O3S/c1-11-9-13(15)3-4-14(11)21(18,19)16-12(2)10-17-5-7-20-8-6-17/h3-4,9,12,16H,5-8,10H2,1-2H3. The van der Waals surface area contributed by atoms with Crippen molar-refractivity contribution in [2.75, 3.05) is 32.8 Å². The topological polar surface area (TPSA) is 58.6 Å². The first-order valence-corrected chi connectivity index (χ1v) is 8.45. The summed E-state index contributed by atoms with van der Waals surface area (Å²) < 4.78 is 45.7. The summed E-state index contributed by atoms with van der Waals surface area (Å²) in [6, 6.07) is 3.46. The van der Waals surface area contributed by atoms with Gasteiger partial charge in [0, 0.05) is 25.7 Å². The largest absolute Gasteiger partial charge is 0.379 e. The van der Waals surface area contributed by atoms with Crippen molar-refractivity contribution in [3.63, 3.8) is 0 Å². The van der Waals surface area contributed by atoms with Gasteiger partial charge in [-0.3, -0.25) is 4.90 Å². The number of rotatable bonds is 5. The Labute approximate surface area is 125 Å². The van der Waals surface area contributed by atoms with Gasteiger partial charge in [0.15, 0.2) is 0 Å². The first-order valence-electron chi connectivity index (χ1n) is 6.97. The van der Waals surface area contributed by atoms with Crippen LogP contribution in [0.2, 0.25) is 0 Å². The summed E-state index contributed by atoms with van der Waals surface area (Å²) in [7, 11) is -3.63. The van der Waals surface area contributed by atoms with Gasteiger partial charge in [-0.05, 0) is 37.6 Å². The number of benzene rings is 1. The molecule has 1 unspecified atom stereocenters. The van der Waals surface area contributed by atoms with Crippen molar-refractivity contribution in [3.8, 4) is 0 Å². The fourth-order valence-corrected chi connectivity index (χ4v) is 3.91. The van der Waals surface area contributed by atoms with Crippen molar-refractivity contribution >= 4 is 10.0 Å². The Hall–Kier alpha value is -1.02. The summed E-state index contributed by atoms with van der Waals surface area (Å²) in [5.41, 5.74) is 0.404. The summed E-state index contributed by atoms with van der Waals surface area (Å²) in [6.45, 7) is 7.01. The van der Waals surface area contributed by atoms with Crippen molar-refractivity contribution in [2.45, 2.75) is 24.8 Å². The third-order valence-corrected chi connectivity index (χ3v) is 5.17. The van der Waals surface area contributed by atoms with Crippen molar-refractivity contribution in [2.24, 2.45) is 0 Å². The number of hydrogen-bond donors (Lipinski definition) is 1. The van der Waals surface area contributed by atoms with E-state index in [0.717, 1.165) is 19.2 Å². The van der Waals surface area contributed by atoms with Crippen LogP contribution in [0.3, 0.4) is 0 Å². The van der Waals surface area contributed by atoms with E-state index in [0.29, 0.717) is 25.3 Å². The highest BCUT2D eigenvalue weighted by molar-refractivity contribution is 7.89. The Balaban J connectivity index is 2.02. The van der Waals surface area contributed by atoms with Gasteiger partial charge in [-0.1, -0.05) is 0 Å². The lowest BCUT2D eigenvalue weighted by Gasteiger charge is -2.29. The summed E-state index contributed by atoms with van der Waals surface area (Å²) in [5.74, 6) is -0.437. The second-order valence-electron chi connectivity index (χ2n) is 5.35. The van der Waals surface area contributed by atoms with Gasteiger partial charge in [-0.15, -0.1) is 0 Å². The minimum atomic E-state index is -3.63. The molecule has 1 N–H and O–H groups in total. The molecule has 7 heteroatoms. The predicted molar refractivity (Wildman–Crippen MR) is 78.2 cm³/mol. The van der Waals surface area contributed by atoms with Crippen LogP contribution in [-0.4, -0.2) is 52.2 Å². The molecular weight excluding hydrogens is 295 g/mol. The highest BCUT2D eigenvalue weighted by Crippen LogP contribution is 2.16. The van der Waals surface area contributed by atoms with Crippen molar-refractivity contribution in [3.05, 3.63) is 29.6 Å². The van der Waals surface area contributed by atoms with Crippen molar-refractivity contribution in [1.29, 1.82) is 0 Å². The lowest BCUT2D eigenvalue weighted by Crippen LogP contribution is -2.46. The molecule has 1 aromatic rings. The van der Waals surface area contributed by atoms with E-state index in [9.17, 15) is 12.8 Å². The number of nitrogens with one attached hydrogen (secondary N) is 1. The Morgan fingerprint density at radius 2 is 2.05 bits per heavy atom. The first-order chi connectivity index (χ1) is 9.88. The molecule has 21 heavy (non-hydrogen) atoms. The van der Waals surface area contributed by atoms with Crippen LogP contribution in [-0.2, 0) is 14.8 Å². The van der Waals surface area contributed by atoms with Gasteiger partial charge in [-0.25, -0.2) is 17.5 Å². The van der Waals surface area contributed by atoms with E-state index in [2.05, 4.69) is 9.62 Å². The van der Waals surface area contributed by atoms with Gasteiger partial charge >= 0.3 is 0 Å². The lowest BCUT2D eigenvalue weighted by molar-refractivity contribution is 0.0354. The van der Waals surface area contributed by atoms with Crippen molar-refractivity contribution in [1.82, 2.24) is 9.62 Å². The molecule has 0 aliphatic carbocycles. The van der Waals surface area contributed by atoms with Gasteiger partial charge in [0.1, 0.15) is 5.82 Å². The molecule has 1 fully saturated rings. The highest BCUT2D eigenvalue weighted by Gasteiger charge is 2.21. The van der Waals surface area contributed by atoms with Gasteiger partial charge in [0.05, 0.1) is 18.1 Å². The number of sulfonamides is 1. The van der Waals surface area contributed by atoms with Gasteiger partial charge in [0.2, 0.25) is 10.0 Å². The first kappa shape index (κ1) is 16.4. The van der Waals surface area contributed by atoms with Gasteiger partial charge in [-0.2, -0.15) is 0 Å². The molecule has 0 radical (unpaired) electrons. The maximum Gasteiger partial charge on any atom is 0.241 e. The van der Waals surface area contributed by atoms with Crippen LogP contribution in [0, 0.1) is 12.7 Å². The molecule has 1 aliphatic heterocycles. The molecule has 1 atom stereocenters. The maximum atomic E-state index is 13.1. The second kappa shape index (κ2) is 6.83. The van der Waals surface area contributed by atoms with Crippen LogP contribution in [0.1, 0.15) is 12.5 Å². The average molecular weight is 316 g/mol. The van der Waals surface area contributed by atoms with E-state index in [1.54, 1.807) is 6.92 Å². The zero-order chi connectivity index (χ0) is 15.5. The van der Waals surface area contributed by atoms with Crippen LogP contribution >= 0.6 is 0 Å². The summed E-state index contributed by atoms with van der Waals surface area (Å²) in [5, 5.41) is 0. The lowest BCUT2D eigenvalue weighted by atomic mass is 10.2. The van der Waals surface area contributed by atoms with Crippen LogP contribution in [0.4, 0.5) is 4.39 Å². The Bertz CT molecular complexity index is 586. The van der Waals surface area contributed by atoms with Crippen LogP contribution in [0.25, 0.3) is 0 Å². The molecule has 1 aromatic carbocycles. The normalized spacial score (nSPS) is 18.6. The van der Waals surface area contributed by atoms with Crippen LogP contribution in [0.15, 0.2) is 23.1 Å². The van der Waals surface area contributed by atoms with E-state index >= 15 is 0 Å². The molecule has 1 heterocycles. The number of halogens is 1. The fraction of sp³-hybridized carbons (Fsp3) is 0.571. The van der Waals surface area contributed by atoms with Crippen molar-refractivity contribution < 1.29 is 17.5 Å². The molecule has 1 aliphatic rings. The number of aryl methyl sites for hydroxylation is 1. The van der Waals surface area contributed by atoms with Gasteiger partial charge < -0.3 is 4.74 Å². The van der Waals surface area contributed by atoms with E-state index in [4.69, 9.17) is 4.74 Å². The van der Waals surface area contributed by atoms with Crippen LogP contribution < -0.4 is 4.72 Å². The quantitative estimate of drug-likeness (QED) is 0.885. The average Bonchev–Trinajstić information content (AvgIpc) is 2.38. The molecule has 118 valence electrons. The number of ether oxygens (including phenoxy) is 1.